The van der Waals surface area contributed by atoms with E-state index >= 15 is 0 Å². The molecule has 2 N–H and O–H groups in total. The molecule has 2 rings (SSSR count). The number of nitrogens with two attached hydrogens (primary N) is 1. The molecule has 0 heterocycles. The third-order valence-corrected chi connectivity index (χ3v) is 4.37. The van der Waals surface area contributed by atoms with Gasteiger partial charge in [0.2, 0.25) is 5.91 Å². The van der Waals surface area contributed by atoms with E-state index < -0.39 is 0 Å². The summed E-state index contributed by atoms with van der Waals surface area (Å²) in [5.74, 6) is 0.160. The highest BCUT2D eigenvalue weighted by Crippen LogP contribution is 2.31. The molecule has 110 valence electrons. The van der Waals surface area contributed by atoms with Gasteiger partial charge >= 0.3 is 0 Å². The molecule has 1 amide bonds. The standard InChI is InChI=1S/C15H20Cl2N2O/c1-10(6-7-18)15(20)19(12-3-4-12)9-11-2-5-13(16)14(17)8-11/h2,5,8,10,12H,3-4,6-7,9,18H2,1H3. The summed E-state index contributed by atoms with van der Waals surface area (Å²) in [4.78, 5) is 14.4. The Bertz CT molecular complexity index is 489. The third-order valence-electron chi connectivity index (χ3n) is 3.63. The van der Waals surface area contributed by atoms with Gasteiger partial charge in [-0.2, -0.15) is 0 Å². The van der Waals surface area contributed by atoms with Gasteiger partial charge in [0.25, 0.3) is 0 Å². The Labute approximate surface area is 130 Å². The molecule has 0 radical (unpaired) electrons. The molecule has 0 bridgehead atoms. The number of hydrogen-bond acceptors (Lipinski definition) is 2. The minimum atomic E-state index is -0.0247. The van der Waals surface area contributed by atoms with Crippen molar-refractivity contribution in [2.24, 2.45) is 11.7 Å². The molecular formula is C15H20Cl2N2O. The summed E-state index contributed by atoms with van der Waals surface area (Å²) >= 11 is 12.0. The van der Waals surface area contributed by atoms with Crippen molar-refractivity contribution in [3.63, 3.8) is 0 Å². The number of nitrogens with zero attached hydrogens (tertiary/aromatic N) is 1. The number of halogens is 2. The van der Waals surface area contributed by atoms with E-state index in [1.807, 2.05) is 24.0 Å². The molecule has 1 aliphatic carbocycles. The Morgan fingerprint density at radius 3 is 2.65 bits per heavy atom. The predicted molar refractivity (Wildman–Crippen MR) is 82.9 cm³/mol. The summed E-state index contributed by atoms with van der Waals surface area (Å²) in [7, 11) is 0. The van der Waals surface area contributed by atoms with E-state index in [0.717, 1.165) is 24.8 Å². The topological polar surface area (TPSA) is 46.3 Å². The van der Waals surface area contributed by atoms with Crippen LogP contribution in [0.25, 0.3) is 0 Å². The summed E-state index contributed by atoms with van der Waals surface area (Å²) < 4.78 is 0. The molecule has 1 saturated carbocycles. The molecule has 0 aliphatic heterocycles. The van der Waals surface area contributed by atoms with Crippen LogP contribution >= 0.6 is 23.2 Å². The molecule has 1 unspecified atom stereocenters. The van der Waals surface area contributed by atoms with Crippen LogP contribution < -0.4 is 5.73 Å². The summed E-state index contributed by atoms with van der Waals surface area (Å²) in [6.45, 7) is 3.08. The third kappa shape index (κ3) is 3.87. The van der Waals surface area contributed by atoms with Crippen LogP contribution in [0.3, 0.4) is 0 Å². The van der Waals surface area contributed by atoms with Crippen LogP contribution in [0.1, 0.15) is 31.7 Å². The maximum atomic E-state index is 12.5. The predicted octanol–water partition coefficient (Wildman–Crippen LogP) is 3.47. The maximum Gasteiger partial charge on any atom is 0.225 e. The Hall–Kier alpha value is -0.770. The zero-order valence-electron chi connectivity index (χ0n) is 11.6. The Balaban J connectivity index is 2.09. The van der Waals surface area contributed by atoms with Crippen molar-refractivity contribution in [3.05, 3.63) is 33.8 Å². The second-order valence-electron chi connectivity index (χ2n) is 5.42. The van der Waals surface area contributed by atoms with Crippen molar-refractivity contribution in [1.29, 1.82) is 0 Å². The smallest absolute Gasteiger partial charge is 0.225 e. The molecule has 0 aromatic heterocycles. The first-order valence-corrected chi connectivity index (χ1v) is 7.73. The fourth-order valence-electron chi connectivity index (χ4n) is 2.26. The van der Waals surface area contributed by atoms with Crippen LogP contribution in [0.15, 0.2) is 18.2 Å². The van der Waals surface area contributed by atoms with E-state index in [2.05, 4.69) is 0 Å². The minimum absolute atomic E-state index is 0.0247. The van der Waals surface area contributed by atoms with E-state index in [0.29, 0.717) is 29.2 Å². The lowest BCUT2D eigenvalue weighted by atomic mass is 10.1. The van der Waals surface area contributed by atoms with Crippen molar-refractivity contribution in [2.75, 3.05) is 6.54 Å². The second kappa shape index (κ2) is 6.79. The van der Waals surface area contributed by atoms with Crippen molar-refractivity contribution in [2.45, 2.75) is 38.8 Å². The van der Waals surface area contributed by atoms with Gasteiger partial charge in [0, 0.05) is 18.5 Å². The van der Waals surface area contributed by atoms with Gasteiger partial charge in [-0.15, -0.1) is 0 Å². The molecule has 1 aromatic rings. The second-order valence-corrected chi connectivity index (χ2v) is 6.24. The molecule has 3 nitrogen and oxygen atoms in total. The molecule has 0 spiro atoms. The molecule has 1 atom stereocenters. The van der Waals surface area contributed by atoms with Crippen LogP contribution in [0.5, 0.6) is 0 Å². The fraction of sp³-hybridized carbons (Fsp3) is 0.533. The lowest BCUT2D eigenvalue weighted by molar-refractivity contribution is -0.136. The average Bonchev–Trinajstić information content (AvgIpc) is 3.24. The SMILES string of the molecule is CC(CCN)C(=O)N(Cc1ccc(Cl)c(Cl)c1)C1CC1. The highest BCUT2D eigenvalue weighted by molar-refractivity contribution is 6.42. The van der Waals surface area contributed by atoms with E-state index in [1.54, 1.807) is 6.07 Å². The zero-order chi connectivity index (χ0) is 14.7. The number of hydrogen-bond donors (Lipinski definition) is 1. The van der Waals surface area contributed by atoms with Gasteiger partial charge in [-0.05, 0) is 43.5 Å². The molecule has 5 heteroatoms. The largest absolute Gasteiger partial charge is 0.335 e. The first-order chi connectivity index (χ1) is 9.52. The first-order valence-electron chi connectivity index (χ1n) is 6.97. The van der Waals surface area contributed by atoms with Gasteiger partial charge < -0.3 is 10.6 Å². The lowest BCUT2D eigenvalue weighted by Gasteiger charge is -2.26. The molecule has 1 aliphatic rings. The van der Waals surface area contributed by atoms with Crippen molar-refractivity contribution in [1.82, 2.24) is 4.90 Å². The Morgan fingerprint density at radius 2 is 2.10 bits per heavy atom. The first kappa shape index (κ1) is 15.6. The van der Waals surface area contributed by atoms with Crippen LogP contribution in [-0.2, 0) is 11.3 Å². The number of benzene rings is 1. The number of rotatable bonds is 6. The Kier molecular flexibility index (Phi) is 5.30. The van der Waals surface area contributed by atoms with Crippen molar-refractivity contribution >= 4 is 29.1 Å². The molecular weight excluding hydrogens is 295 g/mol. The van der Waals surface area contributed by atoms with Gasteiger partial charge in [0.05, 0.1) is 10.0 Å². The van der Waals surface area contributed by atoms with Gasteiger partial charge in [0.15, 0.2) is 0 Å². The van der Waals surface area contributed by atoms with E-state index in [4.69, 9.17) is 28.9 Å². The zero-order valence-corrected chi connectivity index (χ0v) is 13.1. The van der Waals surface area contributed by atoms with Crippen LogP contribution in [0.2, 0.25) is 10.0 Å². The van der Waals surface area contributed by atoms with Gasteiger partial charge in [-0.1, -0.05) is 36.2 Å². The summed E-state index contributed by atoms with van der Waals surface area (Å²) in [6, 6.07) is 5.90. The monoisotopic (exact) mass is 314 g/mol. The van der Waals surface area contributed by atoms with E-state index in [9.17, 15) is 4.79 Å². The quantitative estimate of drug-likeness (QED) is 0.874. The van der Waals surface area contributed by atoms with Crippen LogP contribution in [0, 0.1) is 5.92 Å². The van der Waals surface area contributed by atoms with E-state index in [-0.39, 0.29) is 11.8 Å². The fourth-order valence-corrected chi connectivity index (χ4v) is 2.59. The van der Waals surface area contributed by atoms with Crippen LogP contribution in [-0.4, -0.2) is 23.4 Å². The summed E-state index contributed by atoms with van der Waals surface area (Å²) in [5.41, 5.74) is 6.56. The lowest BCUT2D eigenvalue weighted by Crippen LogP contribution is -2.37. The van der Waals surface area contributed by atoms with Crippen LogP contribution in [0.4, 0.5) is 0 Å². The minimum Gasteiger partial charge on any atom is -0.335 e. The highest BCUT2D eigenvalue weighted by Gasteiger charge is 2.34. The molecule has 1 aromatic carbocycles. The number of carbonyl (C=O) groups is 1. The molecule has 20 heavy (non-hydrogen) atoms. The number of carbonyl (C=O) groups excluding carboxylic acids is 1. The van der Waals surface area contributed by atoms with Gasteiger partial charge in [0.1, 0.15) is 0 Å². The highest BCUT2D eigenvalue weighted by atomic mass is 35.5. The summed E-state index contributed by atoms with van der Waals surface area (Å²) in [5, 5.41) is 1.07. The molecule has 0 saturated heterocycles. The number of amides is 1. The van der Waals surface area contributed by atoms with Crippen molar-refractivity contribution < 1.29 is 4.79 Å². The van der Waals surface area contributed by atoms with Gasteiger partial charge in [-0.3, -0.25) is 4.79 Å². The van der Waals surface area contributed by atoms with Gasteiger partial charge in [-0.25, -0.2) is 0 Å². The van der Waals surface area contributed by atoms with E-state index in [1.165, 1.54) is 0 Å². The van der Waals surface area contributed by atoms with Crippen molar-refractivity contribution in [3.8, 4) is 0 Å². The summed E-state index contributed by atoms with van der Waals surface area (Å²) in [6.07, 6.45) is 2.90. The molecule has 1 fully saturated rings. The normalized spacial score (nSPS) is 16.0. The Morgan fingerprint density at radius 1 is 1.40 bits per heavy atom. The maximum absolute atomic E-state index is 12.5. The average molecular weight is 315 g/mol.